The Kier molecular flexibility index (Phi) is 4.40. The summed E-state index contributed by atoms with van der Waals surface area (Å²) in [5.74, 6) is 0. The van der Waals surface area contributed by atoms with Crippen LogP contribution in [0, 0.1) is 0 Å². The third-order valence-corrected chi connectivity index (χ3v) is 11.4. The minimum atomic E-state index is -1.79. The molecule has 0 bridgehead atoms. The van der Waals surface area contributed by atoms with Gasteiger partial charge in [-0.15, -0.1) is 0 Å². The number of hydrogen-bond donors (Lipinski definition) is 0. The maximum atomic E-state index is 2.50. The van der Waals surface area contributed by atoms with Crippen molar-refractivity contribution in [3.63, 3.8) is 0 Å². The van der Waals surface area contributed by atoms with E-state index < -0.39 is 8.07 Å². The van der Waals surface area contributed by atoms with Crippen molar-refractivity contribution in [2.24, 2.45) is 0 Å². The molecule has 0 saturated heterocycles. The van der Waals surface area contributed by atoms with Crippen molar-refractivity contribution < 1.29 is 0 Å². The third-order valence-electron chi connectivity index (χ3n) is 7.86. The molecule has 0 nitrogen and oxygen atoms in total. The average Bonchev–Trinajstić information content (AvgIpc) is 3.15. The first-order chi connectivity index (χ1) is 17.2. The maximum absolute atomic E-state index is 2.50. The van der Waals surface area contributed by atoms with Crippen molar-refractivity contribution in [2.45, 2.75) is 13.1 Å². The Morgan fingerprint density at radius 1 is 0.400 bits per heavy atom. The second kappa shape index (κ2) is 7.53. The molecule has 0 aliphatic carbocycles. The van der Waals surface area contributed by atoms with Crippen molar-refractivity contribution >= 4 is 40.0 Å². The molecule has 0 amide bonds. The van der Waals surface area contributed by atoms with Gasteiger partial charge >= 0.3 is 0 Å². The monoisotopic (exact) mass is 462 g/mol. The van der Waals surface area contributed by atoms with Crippen LogP contribution in [-0.4, -0.2) is 8.07 Å². The summed E-state index contributed by atoms with van der Waals surface area (Å²) in [5.41, 5.74) is 8.13. The second-order valence-electron chi connectivity index (χ2n) is 10.1. The van der Waals surface area contributed by atoms with Crippen LogP contribution in [0.3, 0.4) is 0 Å². The van der Waals surface area contributed by atoms with Crippen molar-refractivity contribution in [3.8, 4) is 33.4 Å². The summed E-state index contributed by atoms with van der Waals surface area (Å²) < 4.78 is 0. The molecule has 1 heteroatoms. The number of benzene rings is 6. The molecule has 0 N–H and O–H groups in total. The Hall–Kier alpha value is -3.94. The van der Waals surface area contributed by atoms with Crippen molar-refractivity contribution in [2.75, 3.05) is 0 Å². The lowest BCUT2D eigenvalue weighted by atomic mass is 9.83. The highest BCUT2D eigenvalue weighted by molar-refractivity contribution is 7.04. The minimum Gasteiger partial charge on any atom is -0.0623 e. The second-order valence-corrected chi connectivity index (χ2v) is 14.4. The molecular formula is C34H26Si. The SMILES string of the molecule is C[Si]1(C)c2ccccc2-c2c1ccc1c(-c3ccccc3)c3ccccc3c(-c3ccccc3)c21. The predicted octanol–water partition coefficient (Wildman–Crippen LogP) is 8.13. The number of hydrogen-bond acceptors (Lipinski definition) is 0. The zero-order valence-electron chi connectivity index (χ0n) is 20.0. The fraction of sp³-hybridized carbons (Fsp3) is 0.0588. The predicted molar refractivity (Wildman–Crippen MR) is 155 cm³/mol. The summed E-state index contributed by atoms with van der Waals surface area (Å²) in [5, 5.41) is 8.48. The highest BCUT2D eigenvalue weighted by Crippen LogP contribution is 2.47. The van der Waals surface area contributed by atoms with Gasteiger partial charge in [-0.25, -0.2) is 0 Å². The van der Waals surface area contributed by atoms with Crippen LogP contribution in [0.1, 0.15) is 0 Å². The van der Waals surface area contributed by atoms with Crippen LogP contribution in [0.2, 0.25) is 13.1 Å². The van der Waals surface area contributed by atoms with E-state index in [2.05, 4.69) is 134 Å². The highest BCUT2D eigenvalue weighted by Gasteiger charge is 2.39. The molecule has 0 aromatic heterocycles. The summed E-state index contributed by atoms with van der Waals surface area (Å²) in [6.45, 7) is 5.01. The molecule has 1 aliphatic heterocycles. The fourth-order valence-corrected chi connectivity index (χ4v) is 9.35. The van der Waals surface area contributed by atoms with Crippen molar-refractivity contribution in [1.82, 2.24) is 0 Å². The van der Waals surface area contributed by atoms with Crippen LogP contribution in [0.5, 0.6) is 0 Å². The summed E-state index contributed by atoms with van der Waals surface area (Å²) in [6.07, 6.45) is 0. The van der Waals surface area contributed by atoms with Gasteiger partial charge in [0.15, 0.2) is 0 Å². The van der Waals surface area contributed by atoms with Gasteiger partial charge in [0.25, 0.3) is 0 Å². The first-order valence-electron chi connectivity index (χ1n) is 12.4. The van der Waals surface area contributed by atoms with E-state index in [1.54, 1.807) is 10.4 Å². The first-order valence-corrected chi connectivity index (χ1v) is 15.4. The molecule has 0 spiro atoms. The van der Waals surface area contributed by atoms with E-state index in [1.165, 1.54) is 54.9 Å². The van der Waals surface area contributed by atoms with Crippen LogP contribution in [0.15, 0.2) is 121 Å². The van der Waals surface area contributed by atoms with E-state index in [0.717, 1.165) is 0 Å². The molecule has 35 heavy (non-hydrogen) atoms. The van der Waals surface area contributed by atoms with Gasteiger partial charge in [0.2, 0.25) is 0 Å². The molecule has 6 aromatic carbocycles. The van der Waals surface area contributed by atoms with E-state index in [9.17, 15) is 0 Å². The van der Waals surface area contributed by atoms with Gasteiger partial charge in [-0.05, 0) is 65.3 Å². The van der Waals surface area contributed by atoms with Crippen molar-refractivity contribution in [3.05, 3.63) is 121 Å². The van der Waals surface area contributed by atoms with E-state index in [4.69, 9.17) is 0 Å². The molecule has 0 unspecified atom stereocenters. The Labute approximate surface area is 207 Å². The average molecular weight is 463 g/mol. The van der Waals surface area contributed by atoms with Crippen LogP contribution in [0.4, 0.5) is 0 Å². The molecule has 166 valence electrons. The lowest BCUT2D eigenvalue weighted by Gasteiger charge is -2.22. The van der Waals surface area contributed by atoms with Gasteiger partial charge in [0.1, 0.15) is 8.07 Å². The van der Waals surface area contributed by atoms with E-state index in [0.29, 0.717) is 0 Å². The maximum Gasteiger partial charge on any atom is 0.113 e. The zero-order valence-corrected chi connectivity index (χ0v) is 21.0. The third kappa shape index (κ3) is 2.85. The van der Waals surface area contributed by atoms with Gasteiger partial charge in [0, 0.05) is 0 Å². The molecule has 0 fully saturated rings. The molecular weight excluding hydrogens is 436 g/mol. The number of fused-ring (bicyclic) bond motifs is 6. The Balaban J connectivity index is 1.78. The van der Waals surface area contributed by atoms with Crippen LogP contribution < -0.4 is 10.4 Å². The zero-order chi connectivity index (χ0) is 23.6. The van der Waals surface area contributed by atoms with E-state index in [-0.39, 0.29) is 0 Å². The van der Waals surface area contributed by atoms with Gasteiger partial charge in [-0.1, -0.05) is 134 Å². The molecule has 1 heterocycles. The van der Waals surface area contributed by atoms with Crippen LogP contribution in [-0.2, 0) is 0 Å². The summed E-state index contributed by atoms with van der Waals surface area (Å²) in [4.78, 5) is 0. The van der Waals surface area contributed by atoms with Crippen LogP contribution in [0.25, 0.3) is 54.9 Å². The smallest absolute Gasteiger partial charge is 0.0623 e. The molecule has 0 atom stereocenters. The van der Waals surface area contributed by atoms with E-state index >= 15 is 0 Å². The topological polar surface area (TPSA) is 0 Å². The first kappa shape index (κ1) is 20.4. The Morgan fingerprint density at radius 3 is 1.63 bits per heavy atom. The lowest BCUT2D eigenvalue weighted by molar-refractivity contribution is 1.65. The quantitative estimate of drug-likeness (QED) is 0.180. The largest absolute Gasteiger partial charge is 0.113 e. The minimum absolute atomic E-state index is 1.27. The van der Waals surface area contributed by atoms with Crippen molar-refractivity contribution in [1.29, 1.82) is 0 Å². The van der Waals surface area contributed by atoms with Crippen LogP contribution >= 0.6 is 0 Å². The molecule has 0 radical (unpaired) electrons. The molecule has 7 rings (SSSR count). The van der Waals surface area contributed by atoms with Gasteiger partial charge in [0.05, 0.1) is 0 Å². The lowest BCUT2D eigenvalue weighted by Crippen LogP contribution is -2.49. The van der Waals surface area contributed by atoms with Gasteiger partial charge < -0.3 is 0 Å². The van der Waals surface area contributed by atoms with Gasteiger partial charge in [-0.3, -0.25) is 0 Å². The normalized spacial score (nSPS) is 13.7. The van der Waals surface area contributed by atoms with Gasteiger partial charge in [-0.2, -0.15) is 0 Å². The molecule has 0 saturated carbocycles. The highest BCUT2D eigenvalue weighted by atomic mass is 28.3. The standard InChI is InChI=1S/C34H26Si/c1-35(2)29-20-12-11-19-27(29)33-30(35)22-21-28-31(23-13-5-3-6-14-23)25-17-9-10-18-26(25)32(34(28)33)24-15-7-4-8-16-24/h3-22H,1-2H3. The Morgan fingerprint density at radius 2 is 0.943 bits per heavy atom. The molecule has 1 aliphatic rings. The molecule has 6 aromatic rings. The summed E-state index contributed by atoms with van der Waals surface area (Å²) in [6, 6.07) is 44.9. The summed E-state index contributed by atoms with van der Waals surface area (Å²) in [7, 11) is -1.79. The fourth-order valence-electron chi connectivity index (χ4n) is 6.28. The summed E-state index contributed by atoms with van der Waals surface area (Å²) >= 11 is 0. The number of rotatable bonds is 2. The Bertz CT molecular complexity index is 1750. The van der Waals surface area contributed by atoms with E-state index in [1.807, 2.05) is 0 Å².